The number of alkyl halides is 3. The monoisotopic (exact) mass is 567 g/mol. The van der Waals surface area contributed by atoms with E-state index in [0.717, 1.165) is 43.3 Å². The van der Waals surface area contributed by atoms with Gasteiger partial charge in [0.15, 0.2) is 0 Å². The van der Waals surface area contributed by atoms with Gasteiger partial charge in [0, 0.05) is 80.7 Å². The predicted octanol–water partition coefficient (Wildman–Crippen LogP) is 5.37. The first kappa shape index (κ1) is 28.9. The summed E-state index contributed by atoms with van der Waals surface area (Å²) in [5.74, 6) is 1.18. The van der Waals surface area contributed by atoms with Gasteiger partial charge in [-0.25, -0.2) is 0 Å². The maximum absolute atomic E-state index is 13.3. The summed E-state index contributed by atoms with van der Waals surface area (Å²) >= 11 is 6.00. The number of amides is 1. The van der Waals surface area contributed by atoms with Crippen LogP contribution in [0.15, 0.2) is 42.5 Å². The minimum absolute atomic E-state index is 0. The third-order valence-electron chi connectivity index (χ3n) is 7.81. The van der Waals surface area contributed by atoms with Crippen molar-refractivity contribution in [2.75, 3.05) is 56.0 Å². The molecule has 212 valence electrons. The molecule has 0 radical (unpaired) electrons. The molecule has 2 aromatic carbocycles. The molecule has 3 aliphatic rings. The van der Waals surface area contributed by atoms with Gasteiger partial charge in [-0.3, -0.25) is 14.9 Å². The van der Waals surface area contributed by atoms with Crippen molar-refractivity contribution in [1.82, 2.24) is 9.80 Å². The Morgan fingerprint density at radius 3 is 2.33 bits per heavy atom. The molecule has 0 aliphatic carbocycles. The summed E-state index contributed by atoms with van der Waals surface area (Å²) < 4.78 is 39.8. The van der Waals surface area contributed by atoms with Gasteiger partial charge in [0.1, 0.15) is 5.56 Å². The molecule has 2 aromatic rings. The number of nitrogens with one attached hydrogen (secondary N) is 1. The van der Waals surface area contributed by atoms with E-state index in [1.165, 1.54) is 11.8 Å². The molecular formula is C27H33ClF3N5O3. The largest absolute Gasteiger partial charge is 0.423 e. The zero-order valence-electron chi connectivity index (χ0n) is 20.7. The first-order valence-corrected chi connectivity index (χ1v) is 13.1. The number of fused-ring (bicyclic) bond motifs is 1. The summed E-state index contributed by atoms with van der Waals surface area (Å²) in [7, 11) is 0. The standard InChI is InChI=1S/C26H29ClF3N5O3.CH4/c27-19-1-4-22(5-2-19)34-14-17-12-32(13-18(17)15-34)9-8-25(36)33-10-7-21(16-33)31-20-3-6-24(35(37)38)23(11-20)26(28,29)30;/h1-6,11,17-18,21,31H,7-10,12-16H2;1H4/t17?,18?,21-;/m0./s1. The van der Waals surface area contributed by atoms with E-state index < -0.39 is 22.4 Å². The Morgan fingerprint density at radius 1 is 1.05 bits per heavy atom. The molecule has 0 spiro atoms. The molecule has 12 heteroatoms. The second-order valence-corrected chi connectivity index (χ2v) is 10.8. The summed E-state index contributed by atoms with van der Waals surface area (Å²) in [6.45, 7) is 5.53. The molecule has 0 aromatic heterocycles. The summed E-state index contributed by atoms with van der Waals surface area (Å²) in [5.41, 5.74) is -0.926. The minimum atomic E-state index is -4.83. The normalized spacial score (nSPS) is 23.0. The molecule has 0 bridgehead atoms. The van der Waals surface area contributed by atoms with Crippen molar-refractivity contribution in [3.05, 3.63) is 63.2 Å². The Morgan fingerprint density at radius 2 is 1.72 bits per heavy atom. The van der Waals surface area contributed by atoms with Crippen molar-refractivity contribution >= 4 is 34.6 Å². The average Bonchev–Trinajstić information content (AvgIpc) is 3.58. The van der Waals surface area contributed by atoms with Crippen LogP contribution in [0.25, 0.3) is 0 Å². The number of nitrogens with zero attached hydrogens (tertiary/aromatic N) is 4. The highest BCUT2D eigenvalue weighted by molar-refractivity contribution is 6.30. The van der Waals surface area contributed by atoms with Gasteiger partial charge in [0.05, 0.1) is 4.92 Å². The Bertz CT molecular complexity index is 1180. The number of rotatable bonds is 7. The van der Waals surface area contributed by atoms with Crippen LogP contribution in [-0.4, -0.2) is 72.5 Å². The quantitative estimate of drug-likeness (QED) is 0.358. The zero-order chi connectivity index (χ0) is 27.0. The predicted molar refractivity (Wildman–Crippen MR) is 145 cm³/mol. The van der Waals surface area contributed by atoms with E-state index in [2.05, 4.69) is 27.2 Å². The molecule has 3 aliphatic heterocycles. The summed E-state index contributed by atoms with van der Waals surface area (Å²) in [5, 5.41) is 14.7. The van der Waals surface area contributed by atoms with E-state index >= 15 is 0 Å². The first-order valence-electron chi connectivity index (χ1n) is 12.7. The number of benzene rings is 2. The third-order valence-corrected chi connectivity index (χ3v) is 8.06. The van der Waals surface area contributed by atoms with Gasteiger partial charge >= 0.3 is 6.18 Å². The van der Waals surface area contributed by atoms with E-state index in [9.17, 15) is 28.1 Å². The van der Waals surface area contributed by atoms with Crippen molar-refractivity contribution in [1.29, 1.82) is 0 Å². The highest BCUT2D eigenvalue weighted by Crippen LogP contribution is 2.38. The molecule has 5 rings (SSSR count). The van der Waals surface area contributed by atoms with Crippen molar-refractivity contribution in [2.24, 2.45) is 11.8 Å². The average molecular weight is 568 g/mol. The fraction of sp³-hybridized carbons (Fsp3) is 0.519. The molecule has 8 nitrogen and oxygen atoms in total. The number of carbonyl (C=O) groups is 1. The Hall–Kier alpha value is -3.05. The van der Waals surface area contributed by atoms with E-state index in [1.54, 1.807) is 4.90 Å². The lowest BCUT2D eigenvalue weighted by atomic mass is 10.0. The summed E-state index contributed by atoms with van der Waals surface area (Å²) in [6.07, 6.45) is -3.83. The second kappa shape index (κ2) is 11.6. The number of likely N-dealkylation sites (tertiary alicyclic amines) is 2. The van der Waals surface area contributed by atoms with Gasteiger partial charge in [-0.05, 0) is 54.7 Å². The molecule has 1 N–H and O–H groups in total. The van der Waals surface area contributed by atoms with Crippen molar-refractivity contribution in [3.63, 3.8) is 0 Å². The Labute approximate surface area is 230 Å². The highest BCUT2D eigenvalue weighted by atomic mass is 35.5. The van der Waals surface area contributed by atoms with Gasteiger partial charge in [-0.1, -0.05) is 19.0 Å². The molecule has 0 saturated carbocycles. The smallest absolute Gasteiger partial charge is 0.380 e. The van der Waals surface area contributed by atoms with Gasteiger partial charge in [-0.2, -0.15) is 13.2 Å². The van der Waals surface area contributed by atoms with E-state index in [-0.39, 0.29) is 25.1 Å². The van der Waals surface area contributed by atoms with Crippen LogP contribution in [0.2, 0.25) is 5.02 Å². The van der Waals surface area contributed by atoms with E-state index in [0.29, 0.717) is 44.3 Å². The fourth-order valence-electron chi connectivity index (χ4n) is 5.90. The van der Waals surface area contributed by atoms with Crippen LogP contribution in [0.5, 0.6) is 0 Å². The molecule has 3 atom stereocenters. The molecule has 3 fully saturated rings. The van der Waals surface area contributed by atoms with Crippen molar-refractivity contribution in [2.45, 2.75) is 32.5 Å². The van der Waals surface area contributed by atoms with E-state index in [4.69, 9.17) is 11.6 Å². The van der Waals surface area contributed by atoms with Gasteiger partial charge in [0.25, 0.3) is 5.69 Å². The second-order valence-electron chi connectivity index (χ2n) is 10.4. The number of carbonyl (C=O) groups excluding carboxylic acids is 1. The molecule has 3 saturated heterocycles. The number of halogens is 4. The first-order chi connectivity index (χ1) is 18.1. The van der Waals surface area contributed by atoms with Gasteiger partial charge in [-0.15, -0.1) is 0 Å². The van der Waals surface area contributed by atoms with Crippen LogP contribution >= 0.6 is 11.6 Å². The molecule has 3 heterocycles. The number of anilines is 2. The number of hydrogen-bond donors (Lipinski definition) is 1. The van der Waals surface area contributed by atoms with Crippen LogP contribution < -0.4 is 10.2 Å². The molecule has 2 unspecified atom stereocenters. The van der Waals surface area contributed by atoms with Gasteiger partial charge in [0.2, 0.25) is 5.91 Å². The minimum Gasteiger partial charge on any atom is -0.380 e. The van der Waals surface area contributed by atoms with Crippen LogP contribution in [0.3, 0.4) is 0 Å². The van der Waals surface area contributed by atoms with Crippen molar-refractivity contribution < 1.29 is 22.9 Å². The topological polar surface area (TPSA) is 82.0 Å². The number of nitro groups is 1. The van der Waals surface area contributed by atoms with Crippen LogP contribution in [0, 0.1) is 22.0 Å². The third kappa shape index (κ3) is 6.58. The maximum atomic E-state index is 13.3. The van der Waals surface area contributed by atoms with Crippen molar-refractivity contribution in [3.8, 4) is 0 Å². The fourth-order valence-corrected chi connectivity index (χ4v) is 6.03. The van der Waals surface area contributed by atoms with E-state index in [1.807, 2.05) is 12.1 Å². The van der Waals surface area contributed by atoms with Crippen LogP contribution in [0.4, 0.5) is 30.2 Å². The maximum Gasteiger partial charge on any atom is 0.423 e. The SMILES string of the molecule is C.O=C(CCN1CC2CN(c3ccc(Cl)cc3)CC2C1)N1CC[C@H](Nc2ccc([N+](=O)[O-])c(C(F)(F)F)c2)C1. The van der Waals surface area contributed by atoms with Crippen LogP contribution in [0.1, 0.15) is 25.8 Å². The molecule has 39 heavy (non-hydrogen) atoms. The van der Waals surface area contributed by atoms with Gasteiger partial charge < -0.3 is 20.0 Å². The van der Waals surface area contributed by atoms with Crippen LogP contribution in [-0.2, 0) is 11.0 Å². The zero-order valence-corrected chi connectivity index (χ0v) is 21.4. The highest BCUT2D eigenvalue weighted by Gasteiger charge is 2.41. The summed E-state index contributed by atoms with van der Waals surface area (Å²) in [6, 6.07) is 10.6. The number of nitro benzene ring substituents is 1. The molecular weight excluding hydrogens is 535 g/mol. The molecule has 1 amide bonds. The lowest BCUT2D eigenvalue weighted by Gasteiger charge is -2.24. The lowest BCUT2D eigenvalue weighted by Crippen LogP contribution is -2.35. The summed E-state index contributed by atoms with van der Waals surface area (Å²) in [4.78, 5) is 29.3. The Kier molecular flexibility index (Phi) is 8.60. The lowest BCUT2D eigenvalue weighted by molar-refractivity contribution is -0.388. The number of hydrogen-bond acceptors (Lipinski definition) is 6. The Balaban J connectivity index is 0.00000353.